The minimum absolute atomic E-state index is 0.0205. The van der Waals surface area contributed by atoms with Crippen molar-refractivity contribution in [3.05, 3.63) is 0 Å². The number of fused-ring (bicyclic) bond motifs is 1. The number of carboxylic acid groups (broad SMARTS) is 1. The van der Waals surface area contributed by atoms with E-state index >= 15 is 0 Å². The number of carbonyl (C=O) groups excluding carboxylic acids is 1. The Morgan fingerprint density at radius 2 is 2.18 bits per heavy atom. The number of carboxylic acids is 1. The molecule has 0 aliphatic carbocycles. The molecule has 2 heterocycles. The summed E-state index contributed by atoms with van der Waals surface area (Å²) in [5.41, 5.74) is 0. The molecule has 2 fully saturated rings. The van der Waals surface area contributed by atoms with Crippen LogP contribution in [0.3, 0.4) is 0 Å². The van der Waals surface area contributed by atoms with Gasteiger partial charge in [0.2, 0.25) is 0 Å². The first kappa shape index (κ1) is 12.3. The van der Waals surface area contributed by atoms with Gasteiger partial charge in [-0.2, -0.15) is 0 Å². The lowest BCUT2D eigenvalue weighted by Gasteiger charge is -2.15. The van der Waals surface area contributed by atoms with Gasteiger partial charge in [-0.1, -0.05) is 6.42 Å². The SMILES string of the molecule is O=C(O)CCCC[C@@H]1[C@@H]2NC(=O)N[C@@H]2CS1=O. The average Bonchev–Trinajstić information content (AvgIpc) is 2.69. The van der Waals surface area contributed by atoms with Crippen molar-refractivity contribution in [3.8, 4) is 0 Å². The Morgan fingerprint density at radius 3 is 2.88 bits per heavy atom. The molecule has 2 rings (SSSR count). The van der Waals surface area contributed by atoms with Gasteiger partial charge in [0.1, 0.15) is 0 Å². The number of amides is 2. The van der Waals surface area contributed by atoms with Crippen LogP contribution in [0.25, 0.3) is 0 Å². The van der Waals surface area contributed by atoms with Crippen LogP contribution in [0.4, 0.5) is 4.79 Å². The molecular formula is C10H16N2O4S. The summed E-state index contributed by atoms with van der Waals surface area (Å²) < 4.78 is 11.8. The zero-order chi connectivity index (χ0) is 12.4. The maximum absolute atomic E-state index is 11.8. The summed E-state index contributed by atoms with van der Waals surface area (Å²) in [4.78, 5) is 21.5. The third-order valence-corrected chi connectivity index (χ3v) is 5.15. The van der Waals surface area contributed by atoms with Gasteiger partial charge in [0.05, 0.1) is 17.3 Å². The lowest BCUT2D eigenvalue weighted by Crippen LogP contribution is -2.38. The predicted molar refractivity (Wildman–Crippen MR) is 62.1 cm³/mol. The molecule has 7 heteroatoms. The van der Waals surface area contributed by atoms with Gasteiger partial charge < -0.3 is 15.7 Å². The van der Waals surface area contributed by atoms with Gasteiger partial charge in [-0.15, -0.1) is 0 Å². The van der Waals surface area contributed by atoms with Gasteiger partial charge >= 0.3 is 12.0 Å². The quantitative estimate of drug-likeness (QED) is 0.471. The Hall–Kier alpha value is -1.11. The fourth-order valence-corrected chi connectivity index (χ4v) is 4.35. The van der Waals surface area contributed by atoms with E-state index in [1.165, 1.54) is 0 Å². The first-order valence-electron chi connectivity index (χ1n) is 5.74. The molecule has 1 unspecified atom stereocenters. The van der Waals surface area contributed by atoms with Crippen LogP contribution < -0.4 is 10.6 Å². The van der Waals surface area contributed by atoms with Crippen molar-refractivity contribution in [3.63, 3.8) is 0 Å². The Labute approximate surface area is 102 Å². The maximum Gasteiger partial charge on any atom is 0.315 e. The van der Waals surface area contributed by atoms with Gasteiger partial charge in [-0.05, 0) is 12.8 Å². The van der Waals surface area contributed by atoms with Gasteiger partial charge in [-0.3, -0.25) is 9.00 Å². The van der Waals surface area contributed by atoms with E-state index in [0.717, 1.165) is 6.42 Å². The summed E-state index contributed by atoms with van der Waals surface area (Å²) in [7, 11) is -0.923. The number of nitrogens with one attached hydrogen (secondary N) is 2. The van der Waals surface area contributed by atoms with Crippen molar-refractivity contribution in [2.24, 2.45) is 0 Å². The molecule has 6 nitrogen and oxygen atoms in total. The molecule has 17 heavy (non-hydrogen) atoms. The number of urea groups is 1. The molecule has 0 radical (unpaired) electrons. The molecule has 2 aliphatic rings. The van der Waals surface area contributed by atoms with Crippen molar-refractivity contribution in [2.45, 2.75) is 43.0 Å². The molecule has 0 bridgehead atoms. The van der Waals surface area contributed by atoms with E-state index in [2.05, 4.69) is 10.6 Å². The van der Waals surface area contributed by atoms with Crippen molar-refractivity contribution >= 4 is 22.8 Å². The summed E-state index contributed by atoms with van der Waals surface area (Å²) in [5.74, 6) is -0.293. The van der Waals surface area contributed by atoms with Crippen LogP contribution in [0.2, 0.25) is 0 Å². The zero-order valence-electron chi connectivity index (χ0n) is 9.35. The summed E-state index contributed by atoms with van der Waals surface area (Å²) in [6.07, 6.45) is 2.20. The number of unbranched alkanes of at least 4 members (excludes halogenated alkanes) is 1. The standard InChI is InChI=1S/C10H16N2O4S/c13-8(14)4-2-1-3-7-9-6(5-17(7)16)11-10(15)12-9/h6-7,9H,1-5H2,(H,13,14)(H2,11,12,15)/t6-,7-,9-,17?/m1/s1. The highest BCUT2D eigenvalue weighted by atomic mass is 32.2. The third-order valence-electron chi connectivity index (χ3n) is 3.26. The highest BCUT2D eigenvalue weighted by Crippen LogP contribution is 2.25. The number of hydrogen-bond acceptors (Lipinski definition) is 3. The molecular weight excluding hydrogens is 244 g/mol. The highest BCUT2D eigenvalue weighted by molar-refractivity contribution is 7.86. The summed E-state index contributed by atoms with van der Waals surface area (Å²) in [6.45, 7) is 0. The second-order valence-corrected chi connectivity index (χ2v) is 6.18. The Kier molecular flexibility index (Phi) is 3.66. The van der Waals surface area contributed by atoms with Gasteiger partial charge in [-0.25, -0.2) is 4.79 Å². The molecule has 2 saturated heterocycles. The normalized spacial score (nSPS) is 35.2. The van der Waals surface area contributed by atoms with Crippen molar-refractivity contribution in [1.82, 2.24) is 10.6 Å². The lowest BCUT2D eigenvalue weighted by molar-refractivity contribution is -0.137. The number of rotatable bonds is 5. The van der Waals surface area contributed by atoms with Gasteiger partial charge in [0.15, 0.2) is 0 Å². The van der Waals surface area contributed by atoms with Gasteiger partial charge in [0, 0.05) is 23.0 Å². The maximum atomic E-state index is 11.8. The molecule has 3 N–H and O–H groups in total. The van der Waals surface area contributed by atoms with E-state index < -0.39 is 16.8 Å². The minimum Gasteiger partial charge on any atom is -0.481 e. The summed E-state index contributed by atoms with van der Waals surface area (Å²) >= 11 is 0. The first-order chi connectivity index (χ1) is 8.08. The molecule has 2 aliphatic heterocycles. The molecule has 0 aromatic carbocycles. The van der Waals surface area contributed by atoms with Crippen molar-refractivity contribution in [1.29, 1.82) is 0 Å². The molecule has 2 amide bonds. The second-order valence-electron chi connectivity index (χ2n) is 4.48. The number of carbonyl (C=O) groups is 2. The molecule has 0 aromatic rings. The van der Waals surface area contributed by atoms with E-state index in [9.17, 15) is 13.8 Å². The lowest BCUT2D eigenvalue weighted by atomic mass is 10.0. The van der Waals surface area contributed by atoms with E-state index in [0.29, 0.717) is 18.6 Å². The largest absolute Gasteiger partial charge is 0.481 e. The van der Waals surface area contributed by atoms with E-state index in [4.69, 9.17) is 5.11 Å². The summed E-state index contributed by atoms with van der Waals surface area (Å²) in [5, 5.41) is 14.0. The molecule has 0 spiro atoms. The van der Waals surface area contributed by atoms with E-state index in [1.807, 2.05) is 0 Å². The summed E-state index contributed by atoms with van der Waals surface area (Å²) in [6, 6.07) is -0.256. The zero-order valence-corrected chi connectivity index (χ0v) is 10.2. The van der Waals surface area contributed by atoms with E-state index in [1.54, 1.807) is 0 Å². The first-order valence-corrected chi connectivity index (χ1v) is 7.12. The van der Waals surface area contributed by atoms with Crippen LogP contribution in [0.1, 0.15) is 25.7 Å². The highest BCUT2D eigenvalue weighted by Gasteiger charge is 2.46. The second kappa shape index (κ2) is 5.03. The van der Waals surface area contributed by atoms with E-state index in [-0.39, 0.29) is 29.8 Å². The monoisotopic (exact) mass is 260 g/mol. The van der Waals surface area contributed by atoms with Crippen LogP contribution in [-0.4, -0.2) is 44.4 Å². The topological polar surface area (TPSA) is 95.5 Å². The fourth-order valence-electron chi connectivity index (χ4n) is 2.45. The van der Waals surface area contributed by atoms with Crippen LogP contribution in [-0.2, 0) is 15.6 Å². The Morgan fingerprint density at radius 1 is 1.41 bits per heavy atom. The Bertz CT molecular complexity index is 360. The Balaban J connectivity index is 1.81. The molecule has 96 valence electrons. The van der Waals surface area contributed by atoms with Crippen LogP contribution in [0, 0.1) is 0 Å². The van der Waals surface area contributed by atoms with Crippen LogP contribution in [0.5, 0.6) is 0 Å². The average molecular weight is 260 g/mol. The predicted octanol–water partition coefficient (Wildman–Crippen LogP) is -0.188. The molecule has 0 aromatic heterocycles. The number of aliphatic carboxylic acids is 1. The van der Waals surface area contributed by atoms with Crippen molar-refractivity contribution < 1.29 is 18.9 Å². The van der Waals surface area contributed by atoms with Crippen LogP contribution >= 0.6 is 0 Å². The number of hydrogen-bond donors (Lipinski definition) is 3. The molecule has 0 saturated carbocycles. The minimum atomic E-state index is -0.923. The third kappa shape index (κ3) is 2.77. The smallest absolute Gasteiger partial charge is 0.315 e. The van der Waals surface area contributed by atoms with Gasteiger partial charge in [0.25, 0.3) is 0 Å². The van der Waals surface area contributed by atoms with Crippen LogP contribution in [0.15, 0.2) is 0 Å². The van der Waals surface area contributed by atoms with Crippen molar-refractivity contribution in [2.75, 3.05) is 5.75 Å². The fraction of sp³-hybridized carbons (Fsp3) is 0.800. The molecule has 4 atom stereocenters.